The zero-order valence-electron chi connectivity index (χ0n) is 10.1. The molecule has 2 aromatic rings. The lowest BCUT2D eigenvalue weighted by molar-refractivity contribution is 0.0979. The summed E-state index contributed by atoms with van der Waals surface area (Å²) in [6.45, 7) is 0. The molecule has 0 unspecified atom stereocenters. The Kier molecular flexibility index (Phi) is 4.32. The Bertz CT molecular complexity index is 598. The quantitative estimate of drug-likeness (QED) is 0.589. The summed E-state index contributed by atoms with van der Waals surface area (Å²) in [6.07, 6.45) is 0. The number of rotatable bonds is 0. The van der Waals surface area contributed by atoms with Gasteiger partial charge in [-0.2, -0.15) is 0 Å². The number of benzene rings is 2. The largest absolute Gasteiger partial charge is 0.313 e. The SMILES string of the molecule is O=C(Cl)Cl.O=C1c2ccccc2C(=O)c2ccccc21. The summed E-state index contributed by atoms with van der Waals surface area (Å²) in [4.78, 5) is 33.2. The first-order valence-corrected chi connectivity index (χ1v) is 6.40. The standard InChI is InChI=1S/C14H8O2.CCl2O/c15-13-9-5-1-2-6-10(9)14(16)12-8-4-3-7-11(12)13;2-1(3)4/h1-8H;. The molecule has 0 saturated carbocycles. The van der Waals surface area contributed by atoms with Gasteiger partial charge in [0.2, 0.25) is 0 Å². The van der Waals surface area contributed by atoms with E-state index in [9.17, 15) is 9.59 Å². The number of fused-ring (bicyclic) bond motifs is 2. The van der Waals surface area contributed by atoms with E-state index >= 15 is 0 Å². The number of carbonyl (C=O) groups excluding carboxylic acids is 3. The van der Waals surface area contributed by atoms with E-state index in [0.29, 0.717) is 22.3 Å². The lowest BCUT2D eigenvalue weighted by Crippen LogP contribution is -2.20. The normalized spacial score (nSPS) is 11.9. The molecular weight excluding hydrogens is 299 g/mol. The van der Waals surface area contributed by atoms with Crippen molar-refractivity contribution >= 4 is 39.5 Å². The molecule has 0 amide bonds. The Morgan fingerprint density at radius 1 is 0.650 bits per heavy atom. The first kappa shape index (κ1) is 14.4. The minimum Gasteiger partial charge on any atom is -0.289 e. The van der Waals surface area contributed by atoms with Crippen LogP contribution in [0.1, 0.15) is 31.8 Å². The summed E-state index contributed by atoms with van der Waals surface area (Å²) >= 11 is 8.80. The highest BCUT2D eigenvalue weighted by Gasteiger charge is 2.28. The second-order valence-electron chi connectivity index (χ2n) is 3.98. The van der Waals surface area contributed by atoms with Gasteiger partial charge in [0, 0.05) is 22.3 Å². The molecule has 20 heavy (non-hydrogen) atoms. The van der Waals surface area contributed by atoms with Crippen molar-refractivity contribution in [3.05, 3.63) is 70.8 Å². The fourth-order valence-electron chi connectivity index (χ4n) is 2.05. The monoisotopic (exact) mass is 306 g/mol. The lowest BCUT2D eigenvalue weighted by Gasteiger charge is -2.16. The van der Waals surface area contributed by atoms with Crippen LogP contribution in [0.5, 0.6) is 0 Å². The molecule has 0 aromatic heterocycles. The smallest absolute Gasteiger partial charge is 0.289 e. The highest BCUT2D eigenvalue weighted by atomic mass is 35.5. The molecule has 0 bridgehead atoms. The molecule has 0 N–H and O–H groups in total. The molecule has 5 heteroatoms. The molecule has 0 spiro atoms. The van der Waals surface area contributed by atoms with E-state index in [1.54, 1.807) is 48.5 Å². The highest BCUT2D eigenvalue weighted by molar-refractivity contribution is 6.93. The number of hydrogen-bond acceptors (Lipinski definition) is 3. The van der Waals surface area contributed by atoms with Crippen molar-refractivity contribution in [3.8, 4) is 0 Å². The third kappa shape index (κ3) is 2.79. The summed E-state index contributed by atoms with van der Waals surface area (Å²) in [5.74, 6) is -0.128. The van der Waals surface area contributed by atoms with Crippen LogP contribution in [-0.2, 0) is 0 Å². The summed E-state index contributed by atoms with van der Waals surface area (Å²) in [5, 5.41) is 0. The number of carbonyl (C=O) groups is 3. The van der Waals surface area contributed by atoms with Gasteiger partial charge in [0.25, 0.3) is 0 Å². The van der Waals surface area contributed by atoms with Gasteiger partial charge >= 0.3 is 4.70 Å². The molecule has 0 radical (unpaired) electrons. The molecule has 0 heterocycles. The Hall–Kier alpha value is -1.97. The van der Waals surface area contributed by atoms with Crippen LogP contribution in [0.15, 0.2) is 48.5 Å². The maximum atomic E-state index is 12.1. The molecule has 100 valence electrons. The second-order valence-corrected chi connectivity index (χ2v) is 4.86. The summed E-state index contributed by atoms with van der Waals surface area (Å²) in [5.41, 5.74) is 2.02. The van der Waals surface area contributed by atoms with Gasteiger partial charge in [0.15, 0.2) is 11.6 Å². The molecular formula is C15H8Cl2O3. The van der Waals surface area contributed by atoms with Crippen LogP contribution in [-0.4, -0.2) is 16.3 Å². The fourth-order valence-corrected chi connectivity index (χ4v) is 2.05. The van der Waals surface area contributed by atoms with Gasteiger partial charge in [-0.25, -0.2) is 0 Å². The number of halogens is 2. The second kappa shape index (κ2) is 5.99. The minimum atomic E-state index is -0.889. The molecule has 1 aliphatic rings. The molecule has 0 aliphatic heterocycles. The Labute approximate surface area is 125 Å². The van der Waals surface area contributed by atoms with Crippen molar-refractivity contribution in [1.29, 1.82) is 0 Å². The minimum absolute atomic E-state index is 0.0641. The van der Waals surface area contributed by atoms with Crippen LogP contribution in [0, 0.1) is 0 Å². The van der Waals surface area contributed by atoms with Crippen LogP contribution in [0.2, 0.25) is 0 Å². The van der Waals surface area contributed by atoms with Crippen molar-refractivity contribution < 1.29 is 14.4 Å². The van der Waals surface area contributed by atoms with Gasteiger partial charge in [0.05, 0.1) is 0 Å². The van der Waals surface area contributed by atoms with Crippen molar-refractivity contribution in [2.45, 2.75) is 0 Å². The van der Waals surface area contributed by atoms with E-state index in [0.717, 1.165) is 0 Å². The molecule has 3 nitrogen and oxygen atoms in total. The summed E-state index contributed by atoms with van der Waals surface area (Å²) in [6, 6.07) is 13.9. The zero-order chi connectivity index (χ0) is 14.7. The van der Waals surface area contributed by atoms with E-state index in [2.05, 4.69) is 23.2 Å². The van der Waals surface area contributed by atoms with Gasteiger partial charge in [-0.05, 0) is 23.2 Å². The van der Waals surface area contributed by atoms with Crippen molar-refractivity contribution in [3.63, 3.8) is 0 Å². The van der Waals surface area contributed by atoms with Crippen molar-refractivity contribution in [2.75, 3.05) is 0 Å². The molecule has 3 rings (SSSR count). The Morgan fingerprint density at radius 2 is 0.850 bits per heavy atom. The molecule has 0 atom stereocenters. The first-order valence-electron chi connectivity index (χ1n) is 5.65. The van der Waals surface area contributed by atoms with Crippen LogP contribution in [0.4, 0.5) is 4.79 Å². The fraction of sp³-hybridized carbons (Fsp3) is 0. The first-order chi connectivity index (χ1) is 9.52. The average molecular weight is 307 g/mol. The molecule has 0 saturated heterocycles. The van der Waals surface area contributed by atoms with Gasteiger partial charge in [0.1, 0.15) is 0 Å². The van der Waals surface area contributed by atoms with Crippen LogP contribution >= 0.6 is 23.2 Å². The van der Waals surface area contributed by atoms with Gasteiger partial charge in [-0.1, -0.05) is 48.5 Å². The van der Waals surface area contributed by atoms with Gasteiger partial charge < -0.3 is 0 Å². The number of hydrogen-bond donors (Lipinski definition) is 0. The highest BCUT2D eigenvalue weighted by Crippen LogP contribution is 2.26. The maximum absolute atomic E-state index is 12.1. The summed E-state index contributed by atoms with van der Waals surface area (Å²) in [7, 11) is 0. The van der Waals surface area contributed by atoms with E-state index in [1.807, 2.05) is 0 Å². The Morgan fingerprint density at radius 3 is 1.05 bits per heavy atom. The average Bonchev–Trinajstić information content (AvgIpc) is 2.44. The molecule has 1 aliphatic carbocycles. The van der Waals surface area contributed by atoms with Crippen LogP contribution in [0.25, 0.3) is 0 Å². The van der Waals surface area contributed by atoms with E-state index in [-0.39, 0.29) is 11.6 Å². The Balaban J connectivity index is 0.000000328. The summed E-state index contributed by atoms with van der Waals surface area (Å²) < 4.78 is -0.889. The van der Waals surface area contributed by atoms with Crippen molar-refractivity contribution in [2.24, 2.45) is 0 Å². The van der Waals surface area contributed by atoms with E-state index in [1.165, 1.54) is 0 Å². The number of ketones is 2. The maximum Gasteiger partial charge on any atom is 0.313 e. The van der Waals surface area contributed by atoms with Gasteiger partial charge in [-0.15, -0.1) is 0 Å². The topological polar surface area (TPSA) is 51.2 Å². The zero-order valence-corrected chi connectivity index (χ0v) is 11.6. The van der Waals surface area contributed by atoms with E-state index < -0.39 is 4.70 Å². The third-order valence-corrected chi connectivity index (χ3v) is 2.83. The van der Waals surface area contributed by atoms with Crippen LogP contribution < -0.4 is 0 Å². The predicted octanol–water partition coefficient (Wildman–Crippen LogP) is 4.05. The van der Waals surface area contributed by atoms with E-state index in [4.69, 9.17) is 4.79 Å². The third-order valence-electron chi connectivity index (χ3n) is 2.83. The predicted molar refractivity (Wildman–Crippen MR) is 76.9 cm³/mol. The van der Waals surface area contributed by atoms with Crippen LogP contribution in [0.3, 0.4) is 0 Å². The molecule has 0 fully saturated rings. The van der Waals surface area contributed by atoms with Gasteiger partial charge in [-0.3, -0.25) is 14.4 Å². The molecule has 2 aromatic carbocycles. The lowest BCUT2D eigenvalue weighted by atomic mass is 9.84. The van der Waals surface area contributed by atoms with Crippen molar-refractivity contribution in [1.82, 2.24) is 0 Å².